The predicted octanol–water partition coefficient (Wildman–Crippen LogP) is 6.33. The van der Waals surface area contributed by atoms with E-state index in [1.807, 2.05) is 0 Å². The van der Waals surface area contributed by atoms with Gasteiger partial charge in [-0.05, 0) is 54.1 Å². The first-order chi connectivity index (χ1) is 15.3. The van der Waals surface area contributed by atoms with Crippen LogP contribution in [0.3, 0.4) is 0 Å². The topological polar surface area (TPSA) is 79.5 Å². The molecule has 0 unspecified atom stereocenters. The third-order valence-electron chi connectivity index (χ3n) is 4.26. The van der Waals surface area contributed by atoms with Gasteiger partial charge in [0.05, 0.1) is 11.1 Å². The van der Waals surface area contributed by atoms with Crippen molar-refractivity contribution >= 4 is 23.6 Å². The van der Waals surface area contributed by atoms with E-state index < -0.39 is 40.9 Å². The summed E-state index contributed by atoms with van der Waals surface area (Å²) in [5.74, 6) is -2.71. The number of hydrogen-bond donors (Lipinski definition) is 2. The molecule has 0 atom stereocenters. The number of hydrogen-bond acceptors (Lipinski definition) is 3. The Hall–Kier alpha value is -4.02. The third-order valence-corrected chi connectivity index (χ3v) is 4.26. The summed E-state index contributed by atoms with van der Waals surface area (Å²) in [6.45, 7) is 0. The normalized spacial score (nSPS) is 12.2. The van der Waals surface area contributed by atoms with Crippen LogP contribution in [-0.4, -0.2) is 17.0 Å². The van der Waals surface area contributed by atoms with Crippen molar-refractivity contribution in [2.45, 2.75) is 12.4 Å². The molecule has 33 heavy (non-hydrogen) atoms. The summed E-state index contributed by atoms with van der Waals surface area (Å²) in [6, 6.07) is 9.21. The number of carbonyl (C=O) groups excluding carboxylic acids is 1. The first-order valence-corrected chi connectivity index (χ1v) is 9.05. The van der Waals surface area contributed by atoms with E-state index in [1.54, 1.807) is 6.07 Å². The van der Waals surface area contributed by atoms with Gasteiger partial charge in [-0.1, -0.05) is 12.1 Å². The Bertz CT molecular complexity index is 1190. The van der Waals surface area contributed by atoms with Crippen LogP contribution in [0.25, 0.3) is 17.4 Å². The molecule has 1 heterocycles. The average Bonchev–Trinajstić information content (AvgIpc) is 3.21. The van der Waals surface area contributed by atoms with E-state index in [0.717, 1.165) is 18.2 Å². The number of carbonyl (C=O) groups is 2. The quantitative estimate of drug-likeness (QED) is 0.338. The summed E-state index contributed by atoms with van der Waals surface area (Å²) in [5, 5.41) is 11.1. The minimum atomic E-state index is -5.02. The van der Waals surface area contributed by atoms with Gasteiger partial charge < -0.3 is 14.8 Å². The van der Waals surface area contributed by atoms with Crippen molar-refractivity contribution in [3.05, 3.63) is 83.1 Å². The number of carboxylic acid groups (broad SMARTS) is 1. The fourth-order valence-electron chi connectivity index (χ4n) is 2.79. The van der Waals surface area contributed by atoms with Crippen molar-refractivity contribution in [2.24, 2.45) is 0 Å². The van der Waals surface area contributed by atoms with E-state index in [4.69, 9.17) is 9.52 Å². The van der Waals surface area contributed by atoms with E-state index in [1.165, 1.54) is 24.3 Å². The zero-order chi connectivity index (χ0) is 24.4. The summed E-state index contributed by atoms with van der Waals surface area (Å²) >= 11 is 0. The summed E-state index contributed by atoms with van der Waals surface area (Å²) in [4.78, 5) is 23.0. The molecule has 172 valence electrons. The molecule has 0 aliphatic heterocycles. The molecule has 0 spiro atoms. The molecular weight excluding hydrogens is 456 g/mol. The van der Waals surface area contributed by atoms with Crippen LogP contribution in [-0.2, 0) is 17.1 Å². The van der Waals surface area contributed by atoms with Gasteiger partial charge in [0, 0.05) is 17.3 Å². The average molecular weight is 469 g/mol. The zero-order valence-electron chi connectivity index (χ0n) is 16.3. The fourth-order valence-corrected chi connectivity index (χ4v) is 2.79. The Balaban J connectivity index is 1.87. The molecule has 5 nitrogen and oxygen atoms in total. The lowest BCUT2D eigenvalue weighted by molar-refractivity contribution is -0.143. The highest BCUT2D eigenvalue weighted by Crippen LogP contribution is 2.39. The SMILES string of the molecule is O=C(O)C=Cc1cccc(NC(=O)c2ccc(-c3cc(C(F)(F)F)cc(C(F)(F)F)c3)o2)c1. The number of benzene rings is 2. The fraction of sp³-hybridized carbons (Fsp3) is 0.0909. The number of aliphatic carboxylic acids is 1. The number of anilines is 1. The molecule has 1 amide bonds. The Morgan fingerprint density at radius 3 is 2.09 bits per heavy atom. The minimum Gasteiger partial charge on any atom is -0.478 e. The van der Waals surface area contributed by atoms with Gasteiger partial charge in [0.25, 0.3) is 5.91 Å². The molecule has 0 aliphatic rings. The van der Waals surface area contributed by atoms with Gasteiger partial charge in [-0.2, -0.15) is 26.3 Å². The van der Waals surface area contributed by atoms with Gasteiger partial charge in [0.2, 0.25) is 0 Å². The monoisotopic (exact) mass is 469 g/mol. The lowest BCUT2D eigenvalue weighted by Crippen LogP contribution is -2.11. The standard InChI is InChI=1S/C22H13F6NO4/c23-21(24,25)14-9-13(10-15(11-14)22(26,27)28)17-5-6-18(33-17)20(32)29-16-3-1-2-12(8-16)4-7-19(30)31/h1-11H,(H,29,32)(H,30,31). The van der Waals surface area contributed by atoms with E-state index >= 15 is 0 Å². The Morgan fingerprint density at radius 1 is 0.879 bits per heavy atom. The molecule has 0 fully saturated rings. The highest BCUT2D eigenvalue weighted by Gasteiger charge is 2.37. The molecule has 2 aromatic carbocycles. The molecule has 0 saturated heterocycles. The number of rotatable bonds is 5. The predicted molar refractivity (Wildman–Crippen MR) is 105 cm³/mol. The van der Waals surface area contributed by atoms with Gasteiger partial charge in [0.15, 0.2) is 5.76 Å². The van der Waals surface area contributed by atoms with Gasteiger partial charge in [-0.15, -0.1) is 0 Å². The second kappa shape index (κ2) is 8.85. The van der Waals surface area contributed by atoms with Crippen LogP contribution in [0.15, 0.2) is 65.1 Å². The van der Waals surface area contributed by atoms with Crippen LogP contribution in [0.1, 0.15) is 27.2 Å². The van der Waals surface area contributed by atoms with Crippen molar-refractivity contribution in [1.29, 1.82) is 0 Å². The molecule has 0 radical (unpaired) electrons. The number of halogens is 6. The first-order valence-electron chi connectivity index (χ1n) is 9.05. The number of nitrogens with one attached hydrogen (secondary N) is 1. The minimum absolute atomic E-state index is 0.00808. The second-order valence-electron chi connectivity index (χ2n) is 6.71. The maximum absolute atomic E-state index is 13.1. The second-order valence-corrected chi connectivity index (χ2v) is 6.71. The lowest BCUT2D eigenvalue weighted by Gasteiger charge is -2.13. The lowest BCUT2D eigenvalue weighted by atomic mass is 10.0. The number of carboxylic acids is 1. The van der Waals surface area contributed by atoms with E-state index in [0.29, 0.717) is 17.7 Å². The Labute approximate surface area is 182 Å². The Kier molecular flexibility index (Phi) is 6.34. The van der Waals surface area contributed by atoms with Crippen molar-refractivity contribution in [3.8, 4) is 11.3 Å². The highest BCUT2D eigenvalue weighted by atomic mass is 19.4. The van der Waals surface area contributed by atoms with E-state index in [9.17, 15) is 35.9 Å². The number of furan rings is 1. The van der Waals surface area contributed by atoms with Crippen LogP contribution in [0.4, 0.5) is 32.0 Å². The van der Waals surface area contributed by atoms with Gasteiger partial charge in [-0.3, -0.25) is 4.79 Å². The van der Waals surface area contributed by atoms with Crippen LogP contribution in [0.5, 0.6) is 0 Å². The summed E-state index contributed by atoms with van der Waals surface area (Å²) < 4.78 is 83.6. The third kappa shape index (κ3) is 6.03. The first kappa shape index (κ1) is 23.6. The maximum Gasteiger partial charge on any atom is 0.416 e. The molecule has 0 bridgehead atoms. The van der Waals surface area contributed by atoms with Crippen LogP contribution >= 0.6 is 0 Å². The van der Waals surface area contributed by atoms with E-state index in [-0.39, 0.29) is 23.3 Å². The summed E-state index contributed by atoms with van der Waals surface area (Å²) in [6.07, 6.45) is -7.87. The molecular formula is C22H13F6NO4. The number of alkyl halides is 6. The van der Waals surface area contributed by atoms with Crippen LogP contribution in [0.2, 0.25) is 0 Å². The van der Waals surface area contributed by atoms with Gasteiger partial charge in [0.1, 0.15) is 5.76 Å². The van der Waals surface area contributed by atoms with Crippen molar-refractivity contribution in [2.75, 3.05) is 5.32 Å². The van der Waals surface area contributed by atoms with Crippen molar-refractivity contribution in [1.82, 2.24) is 0 Å². The molecule has 3 aromatic rings. The van der Waals surface area contributed by atoms with Crippen LogP contribution in [0, 0.1) is 0 Å². The van der Waals surface area contributed by atoms with E-state index in [2.05, 4.69) is 5.32 Å². The van der Waals surface area contributed by atoms with Crippen molar-refractivity contribution < 1.29 is 45.5 Å². The zero-order valence-corrected chi connectivity index (χ0v) is 16.3. The van der Waals surface area contributed by atoms with Gasteiger partial charge >= 0.3 is 18.3 Å². The summed E-state index contributed by atoms with van der Waals surface area (Å²) in [5.41, 5.74) is -2.82. The molecule has 3 rings (SSSR count). The highest BCUT2D eigenvalue weighted by molar-refractivity contribution is 6.02. The van der Waals surface area contributed by atoms with Crippen LogP contribution < -0.4 is 5.32 Å². The maximum atomic E-state index is 13.1. The van der Waals surface area contributed by atoms with Gasteiger partial charge in [-0.25, -0.2) is 4.79 Å². The molecule has 0 saturated carbocycles. The largest absolute Gasteiger partial charge is 0.478 e. The molecule has 11 heteroatoms. The summed E-state index contributed by atoms with van der Waals surface area (Å²) in [7, 11) is 0. The molecule has 2 N–H and O–H groups in total. The van der Waals surface area contributed by atoms with Crippen molar-refractivity contribution in [3.63, 3.8) is 0 Å². The molecule has 1 aromatic heterocycles. The smallest absolute Gasteiger partial charge is 0.416 e. The Morgan fingerprint density at radius 2 is 1.52 bits per heavy atom. The molecule has 0 aliphatic carbocycles. The number of amides is 1.